The largest absolute Gasteiger partial charge is 0.465 e. The van der Waals surface area contributed by atoms with Gasteiger partial charge in [-0.1, -0.05) is 18.2 Å². The van der Waals surface area contributed by atoms with Gasteiger partial charge in [0.05, 0.1) is 18.5 Å². The van der Waals surface area contributed by atoms with Gasteiger partial charge in [-0.15, -0.1) is 0 Å². The summed E-state index contributed by atoms with van der Waals surface area (Å²) in [7, 11) is 0. The van der Waals surface area contributed by atoms with Gasteiger partial charge < -0.3 is 9.64 Å². The van der Waals surface area contributed by atoms with Gasteiger partial charge in [0, 0.05) is 24.4 Å². The van der Waals surface area contributed by atoms with Gasteiger partial charge in [-0.3, -0.25) is 9.59 Å². The third kappa shape index (κ3) is 5.05. The van der Waals surface area contributed by atoms with E-state index in [0.717, 1.165) is 24.1 Å². The van der Waals surface area contributed by atoms with E-state index in [0.29, 0.717) is 19.1 Å². The van der Waals surface area contributed by atoms with Gasteiger partial charge in [0.1, 0.15) is 6.54 Å². The highest BCUT2D eigenvalue weighted by molar-refractivity contribution is 5.93. The molecule has 3 rings (SSSR count). The van der Waals surface area contributed by atoms with Gasteiger partial charge in [0.15, 0.2) is 0 Å². The van der Waals surface area contributed by atoms with Crippen LogP contribution in [0.3, 0.4) is 0 Å². The van der Waals surface area contributed by atoms with E-state index in [-0.39, 0.29) is 18.4 Å². The van der Waals surface area contributed by atoms with E-state index in [1.54, 1.807) is 28.8 Å². The zero-order valence-electron chi connectivity index (χ0n) is 14.9. The lowest BCUT2D eigenvalue weighted by Gasteiger charge is -2.19. The lowest BCUT2D eigenvalue weighted by Crippen LogP contribution is -2.36. The van der Waals surface area contributed by atoms with Crippen LogP contribution in [0.25, 0.3) is 11.8 Å². The molecule has 26 heavy (non-hydrogen) atoms. The summed E-state index contributed by atoms with van der Waals surface area (Å²) in [5.74, 6) is -0.0492. The molecular formula is C20H23N3O3. The summed E-state index contributed by atoms with van der Waals surface area (Å²) in [6.45, 7) is 2.68. The van der Waals surface area contributed by atoms with Crippen molar-refractivity contribution >= 4 is 18.0 Å². The Bertz CT molecular complexity index is 779. The number of benzene rings is 1. The molecule has 0 bridgehead atoms. The number of ether oxygens (including phenoxy) is 1. The Morgan fingerprint density at radius 3 is 2.77 bits per heavy atom. The van der Waals surface area contributed by atoms with E-state index in [4.69, 9.17) is 4.74 Å². The number of para-hydroxylation sites is 1. The Morgan fingerprint density at radius 1 is 1.31 bits per heavy atom. The Morgan fingerprint density at radius 2 is 2.08 bits per heavy atom. The average Bonchev–Trinajstić information content (AvgIpc) is 3.34. The molecule has 1 saturated carbocycles. The third-order valence-electron chi connectivity index (χ3n) is 4.15. The second kappa shape index (κ2) is 8.47. The van der Waals surface area contributed by atoms with Crippen molar-refractivity contribution in [3.8, 4) is 5.69 Å². The summed E-state index contributed by atoms with van der Waals surface area (Å²) in [6, 6.07) is 9.76. The molecule has 1 aromatic carbocycles. The van der Waals surface area contributed by atoms with Crippen LogP contribution in [0.4, 0.5) is 0 Å². The SMILES string of the molecule is CCOC(=O)CN(CC1CC1)C(=O)/C=C/c1cnn(-c2ccccc2)c1. The lowest BCUT2D eigenvalue weighted by molar-refractivity contribution is -0.147. The minimum Gasteiger partial charge on any atom is -0.465 e. The first kappa shape index (κ1) is 17.9. The molecule has 1 aliphatic rings. The van der Waals surface area contributed by atoms with Crippen molar-refractivity contribution in [2.24, 2.45) is 5.92 Å². The quantitative estimate of drug-likeness (QED) is 0.541. The van der Waals surface area contributed by atoms with Crippen LogP contribution in [0.1, 0.15) is 25.3 Å². The first-order valence-corrected chi connectivity index (χ1v) is 8.88. The monoisotopic (exact) mass is 353 g/mol. The van der Waals surface area contributed by atoms with E-state index in [1.807, 2.05) is 36.5 Å². The van der Waals surface area contributed by atoms with Gasteiger partial charge >= 0.3 is 5.97 Å². The standard InChI is InChI=1S/C20H23N3O3/c1-2-26-20(25)15-22(13-16-8-9-16)19(24)11-10-17-12-21-23(14-17)18-6-4-3-5-7-18/h3-7,10-12,14,16H,2,8-9,13,15H2,1H3/b11-10+. The Hall–Kier alpha value is -2.89. The molecule has 0 aliphatic heterocycles. The molecule has 1 amide bonds. The van der Waals surface area contributed by atoms with Crippen molar-refractivity contribution in [3.63, 3.8) is 0 Å². The minimum atomic E-state index is -0.369. The maximum Gasteiger partial charge on any atom is 0.325 e. The first-order valence-electron chi connectivity index (χ1n) is 8.88. The normalized spacial score (nSPS) is 13.7. The first-order chi connectivity index (χ1) is 12.7. The number of hydrogen-bond acceptors (Lipinski definition) is 4. The van der Waals surface area contributed by atoms with Gasteiger partial charge in [0.2, 0.25) is 5.91 Å². The van der Waals surface area contributed by atoms with Gasteiger partial charge in [-0.05, 0) is 43.9 Å². The van der Waals surface area contributed by atoms with Crippen LogP contribution in [-0.2, 0) is 14.3 Å². The van der Waals surface area contributed by atoms with Crippen molar-refractivity contribution in [2.45, 2.75) is 19.8 Å². The van der Waals surface area contributed by atoms with Crippen LogP contribution in [-0.4, -0.2) is 46.3 Å². The Balaban J connectivity index is 1.64. The number of amides is 1. The predicted octanol–water partition coefficient (Wildman–Crippen LogP) is 2.69. The predicted molar refractivity (Wildman–Crippen MR) is 98.5 cm³/mol. The van der Waals surface area contributed by atoms with Gasteiger partial charge in [0.25, 0.3) is 0 Å². The molecule has 136 valence electrons. The summed E-state index contributed by atoms with van der Waals surface area (Å²) in [5, 5.41) is 4.31. The highest BCUT2D eigenvalue weighted by Crippen LogP contribution is 2.29. The molecule has 6 heteroatoms. The zero-order valence-corrected chi connectivity index (χ0v) is 14.9. The fourth-order valence-corrected chi connectivity index (χ4v) is 2.62. The van der Waals surface area contributed by atoms with Crippen molar-refractivity contribution in [1.29, 1.82) is 0 Å². The maximum atomic E-state index is 12.5. The van der Waals surface area contributed by atoms with Crippen LogP contribution in [0.5, 0.6) is 0 Å². The molecule has 6 nitrogen and oxygen atoms in total. The van der Waals surface area contributed by atoms with Crippen molar-refractivity contribution in [1.82, 2.24) is 14.7 Å². The van der Waals surface area contributed by atoms with Gasteiger partial charge in [-0.2, -0.15) is 5.10 Å². The molecule has 1 heterocycles. The highest BCUT2D eigenvalue weighted by Gasteiger charge is 2.27. The molecule has 0 N–H and O–H groups in total. The number of carbonyl (C=O) groups is 2. The number of carbonyl (C=O) groups excluding carboxylic acids is 2. The number of nitrogens with zero attached hydrogens (tertiary/aromatic N) is 3. The number of rotatable bonds is 8. The summed E-state index contributed by atoms with van der Waals surface area (Å²) in [4.78, 5) is 25.8. The fraction of sp³-hybridized carbons (Fsp3) is 0.350. The van der Waals surface area contributed by atoms with Crippen LogP contribution < -0.4 is 0 Å². The van der Waals surface area contributed by atoms with Crippen molar-refractivity contribution in [2.75, 3.05) is 19.7 Å². The van der Waals surface area contributed by atoms with Gasteiger partial charge in [-0.25, -0.2) is 4.68 Å². The second-order valence-corrected chi connectivity index (χ2v) is 6.35. The van der Waals surface area contributed by atoms with Crippen LogP contribution in [0, 0.1) is 5.92 Å². The Labute approximate surface area is 153 Å². The zero-order chi connectivity index (χ0) is 18.4. The topological polar surface area (TPSA) is 64.4 Å². The molecule has 0 saturated heterocycles. The fourth-order valence-electron chi connectivity index (χ4n) is 2.62. The molecule has 2 aromatic rings. The molecule has 1 aliphatic carbocycles. The molecule has 0 spiro atoms. The third-order valence-corrected chi connectivity index (χ3v) is 4.15. The van der Waals surface area contributed by atoms with E-state index < -0.39 is 0 Å². The van der Waals surface area contributed by atoms with Crippen molar-refractivity contribution < 1.29 is 14.3 Å². The summed E-state index contributed by atoms with van der Waals surface area (Å²) in [5.41, 5.74) is 1.78. The van der Waals surface area contributed by atoms with Crippen LogP contribution >= 0.6 is 0 Å². The smallest absolute Gasteiger partial charge is 0.325 e. The molecular weight excluding hydrogens is 330 g/mol. The van der Waals surface area contributed by atoms with E-state index in [1.165, 1.54) is 6.08 Å². The lowest BCUT2D eigenvalue weighted by atomic mass is 10.3. The molecule has 0 unspecified atom stereocenters. The minimum absolute atomic E-state index is 0.00318. The Kier molecular flexibility index (Phi) is 5.84. The molecule has 1 fully saturated rings. The number of aromatic nitrogens is 2. The maximum absolute atomic E-state index is 12.5. The number of hydrogen-bond donors (Lipinski definition) is 0. The number of esters is 1. The van der Waals surface area contributed by atoms with Crippen molar-refractivity contribution in [3.05, 3.63) is 54.4 Å². The van der Waals surface area contributed by atoms with E-state index in [9.17, 15) is 9.59 Å². The van der Waals surface area contributed by atoms with E-state index >= 15 is 0 Å². The second-order valence-electron chi connectivity index (χ2n) is 6.35. The highest BCUT2D eigenvalue weighted by atomic mass is 16.5. The molecule has 0 atom stereocenters. The molecule has 0 radical (unpaired) electrons. The summed E-state index contributed by atoms with van der Waals surface area (Å²) in [6.07, 6.45) is 9.00. The molecule has 1 aromatic heterocycles. The van der Waals surface area contributed by atoms with Crippen LogP contribution in [0.15, 0.2) is 48.8 Å². The summed E-state index contributed by atoms with van der Waals surface area (Å²) >= 11 is 0. The average molecular weight is 353 g/mol. The van der Waals surface area contributed by atoms with Crippen LogP contribution in [0.2, 0.25) is 0 Å². The van der Waals surface area contributed by atoms with E-state index in [2.05, 4.69) is 5.10 Å². The summed E-state index contributed by atoms with van der Waals surface area (Å²) < 4.78 is 6.72.